The monoisotopic (exact) mass is 354 g/mol. The summed E-state index contributed by atoms with van der Waals surface area (Å²) < 4.78 is 0. The normalized spacial score (nSPS) is 9.50. The van der Waals surface area contributed by atoms with Crippen LogP contribution < -0.4 is 5.32 Å². The molecule has 22 heavy (non-hydrogen) atoms. The lowest BCUT2D eigenvalue weighted by Crippen LogP contribution is -1.97. The molecule has 0 saturated carbocycles. The van der Waals surface area contributed by atoms with Crippen LogP contribution in [-0.4, -0.2) is 15.0 Å². The van der Waals surface area contributed by atoms with E-state index < -0.39 is 0 Å². The Bertz CT molecular complexity index is 687. The van der Waals surface area contributed by atoms with Gasteiger partial charge in [0, 0.05) is 17.8 Å². The Morgan fingerprint density at radius 3 is 2.55 bits per heavy atom. The van der Waals surface area contributed by atoms with Crippen LogP contribution in [0.2, 0.25) is 0 Å². The summed E-state index contributed by atoms with van der Waals surface area (Å²) in [6, 6.07) is 9.88. The highest BCUT2D eigenvalue weighted by atomic mass is 35.5. The predicted octanol–water partition coefficient (Wildman–Crippen LogP) is 4.75. The van der Waals surface area contributed by atoms with Crippen molar-refractivity contribution in [1.82, 2.24) is 15.0 Å². The molecule has 0 saturated heterocycles. The number of rotatable bonds is 4. The summed E-state index contributed by atoms with van der Waals surface area (Å²) in [5, 5.41) is 6.08. The molecule has 3 aromatic heterocycles. The quantitative estimate of drug-likeness (QED) is 0.734. The van der Waals surface area contributed by atoms with Crippen molar-refractivity contribution in [3.63, 3.8) is 0 Å². The summed E-state index contributed by atoms with van der Waals surface area (Å²) in [4.78, 5) is 13.2. The molecule has 0 aromatic carbocycles. The van der Waals surface area contributed by atoms with Crippen LogP contribution in [-0.2, 0) is 6.42 Å². The number of pyridine rings is 2. The van der Waals surface area contributed by atoms with Crippen molar-refractivity contribution in [2.24, 2.45) is 0 Å². The third-order valence-electron chi connectivity index (χ3n) is 2.89. The van der Waals surface area contributed by atoms with Crippen molar-refractivity contribution in [2.75, 3.05) is 5.32 Å². The van der Waals surface area contributed by atoms with Crippen molar-refractivity contribution in [3.8, 4) is 10.7 Å². The van der Waals surface area contributed by atoms with E-state index in [1.54, 1.807) is 17.5 Å². The van der Waals surface area contributed by atoms with Gasteiger partial charge >= 0.3 is 0 Å². The fraction of sp³-hybridized carbons (Fsp3) is 0.133. The van der Waals surface area contributed by atoms with Gasteiger partial charge in [0.05, 0.1) is 0 Å². The molecule has 3 rings (SSSR count). The zero-order chi connectivity index (χ0) is 13.8. The lowest BCUT2D eigenvalue weighted by atomic mass is 10.2. The first-order valence-electron chi connectivity index (χ1n) is 6.44. The van der Waals surface area contributed by atoms with Crippen molar-refractivity contribution in [1.29, 1.82) is 0 Å². The predicted molar refractivity (Wildman–Crippen MR) is 96.7 cm³/mol. The number of hydrogen-bond donors (Lipinski definition) is 1. The molecule has 1 N–H and O–H groups in total. The topological polar surface area (TPSA) is 50.7 Å². The van der Waals surface area contributed by atoms with Crippen molar-refractivity contribution < 1.29 is 0 Å². The van der Waals surface area contributed by atoms with Crippen LogP contribution in [0.5, 0.6) is 0 Å². The second-order valence-electron chi connectivity index (χ2n) is 4.28. The van der Waals surface area contributed by atoms with Gasteiger partial charge in [-0.2, -0.15) is 0 Å². The van der Waals surface area contributed by atoms with E-state index in [0.29, 0.717) is 0 Å². The van der Waals surface area contributed by atoms with E-state index in [1.165, 1.54) is 5.56 Å². The van der Waals surface area contributed by atoms with Gasteiger partial charge in [0.15, 0.2) is 0 Å². The Labute approximate surface area is 145 Å². The summed E-state index contributed by atoms with van der Waals surface area (Å²) in [6.07, 6.45) is 4.66. The first-order chi connectivity index (χ1) is 9.85. The first kappa shape index (κ1) is 18.4. The van der Waals surface area contributed by atoms with Crippen LogP contribution in [0.3, 0.4) is 0 Å². The van der Waals surface area contributed by atoms with Crippen molar-refractivity contribution in [3.05, 3.63) is 53.7 Å². The molecule has 0 spiro atoms. The minimum atomic E-state index is 0. The number of aryl methyl sites for hydroxylation is 1. The molecule has 0 aliphatic rings. The lowest BCUT2D eigenvalue weighted by Gasteiger charge is -2.06. The second kappa shape index (κ2) is 8.68. The summed E-state index contributed by atoms with van der Waals surface area (Å²) >= 11 is 1.58. The number of hydrogen-bond acceptors (Lipinski definition) is 5. The molecule has 3 heterocycles. The standard InChI is InChI=1S/C15H14N4S.2ClH/c1-2-11-6-7-13(17-10-11)19-14-5-3-4-12(18-14)15-16-8-9-20-15;;/h3-10H,2H2,1H3,(H,17,18,19);2*1H. The largest absolute Gasteiger partial charge is 0.325 e. The third kappa shape index (κ3) is 4.40. The summed E-state index contributed by atoms with van der Waals surface area (Å²) in [5.74, 6) is 1.57. The Hall–Kier alpha value is -1.69. The molecule has 116 valence electrons. The summed E-state index contributed by atoms with van der Waals surface area (Å²) in [6.45, 7) is 2.11. The van der Waals surface area contributed by atoms with Gasteiger partial charge in [0.2, 0.25) is 0 Å². The maximum atomic E-state index is 4.55. The Morgan fingerprint density at radius 2 is 1.91 bits per heavy atom. The van der Waals surface area contributed by atoms with Crippen molar-refractivity contribution in [2.45, 2.75) is 13.3 Å². The molecule has 0 atom stereocenters. The zero-order valence-electron chi connectivity index (χ0n) is 11.9. The number of halogens is 2. The van der Waals surface area contributed by atoms with Gasteiger partial charge in [-0.3, -0.25) is 0 Å². The molecule has 7 heteroatoms. The number of aromatic nitrogens is 3. The molecule has 0 radical (unpaired) electrons. The zero-order valence-corrected chi connectivity index (χ0v) is 14.3. The average Bonchev–Trinajstić information content (AvgIpc) is 3.03. The van der Waals surface area contributed by atoms with E-state index in [-0.39, 0.29) is 24.8 Å². The van der Waals surface area contributed by atoms with E-state index in [4.69, 9.17) is 0 Å². The van der Waals surface area contributed by atoms with Crippen LogP contribution >= 0.6 is 36.2 Å². The van der Waals surface area contributed by atoms with Crippen LogP contribution in [0.1, 0.15) is 12.5 Å². The fourth-order valence-electron chi connectivity index (χ4n) is 1.81. The number of nitrogens with one attached hydrogen (secondary N) is 1. The van der Waals surface area contributed by atoms with E-state index in [9.17, 15) is 0 Å². The highest BCUT2D eigenvalue weighted by molar-refractivity contribution is 7.13. The number of anilines is 2. The number of nitrogens with zero attached hydrogens (tertiary/aromatic N) is 3. The van der Waals surface area contributed by atoms with E-state index in [1.807, 2.05) is 35.8 Å². The first-order valence-corrected chi connectivity index (χ1v) is 7.32. The maximum Gasteiger partial charge on any atom is 0.141 e. The maximum absolute atomic E-state index is 4.55. The van der Waals surface area contributed by atoms with Gasteiger partial charge in [-0.15, -0.1) is 36.2 Å². The fourth-order valence-corrected chi connectivity index (χ4v) is 2.42. The van der Waals surface area contributed by atoms with E-state index >= 15 is 0 Å². The molecular formula is C15H16Cl2N4S. The molecule has 0 unspecified atom stereocenters. The molecular weight excluding hydrogens is 339 g/mol. The third-order valence-corrected chi connectivity index (χ3v) is 3.69. The molecule has 0 aliphatic heterocycles. The molecule has 0 fully saturated rings. The smallest absolute Gasteiger partial charge is 0.141 e. The SMILES string of the molecule is CCc1ccc(Nc2cccc(-c3nccs3)n2)nc1.Cl.Cl. The van der Waals surface area contributed by atoms with Crippen LogP contribution in [0.15, 0.2) is 48.1 Å². The molecule has 0 amide bonds. The van der Waals surface area contributed by atoms with Crippen LogP contribution in [0.25, 0.3) is 10.7 Å². The Balaban J connectivity index is 0.00000121. The second-order valence-corrected chi connectivity index (χ2v) is 5.17. The van der Waals surface area contributed by atoms with E-state index in [2.05, 4.69) is 33.3 Å². The van der Waals surface area contributed by atoms with Gasteiger partial charge in [-0.25, -0.2) is 15.0 Å². The lowest BCUT2D eigenvalue weighted by molar-refractivity contribution is 1.10. The summed E-state index contributed by atoms with van der Waals surface area (Å²) in [5.41, 5.74) is 2.09. The van der Waals surface area contributed by atoms with Crippen molar-refractivity contribution >= 4 is 47.8 Å². The van der Waals surface area contributed by atoms with Gasteiger partial charge in [0.25, 0.3) is 0 Å². The van der Waals surface area contributed by atoms with Crippen LogP contribution in [0.4, 0.5) is 11.6 Å². The molecule has 0 bridgehead atoms. The Morgan fingerprint density at radius 1 is 1.05 bits per heavy atom. The molecule has 0 aliphatic carbocycles. The van der Waals surface area contributed by atoms with Gasteiger partial charge in [0.1, 0.15) is 22.3 Å². The summed E-state index contributed by atoms with van der Waals surface area (Å²) in [7, 11) is 0. The minimum Gasteiger partial charge on any atom is -0.325 e. The van der Waals surface area contributed by atoms with Gasteiger partial charge in [-0.05, 0) is 30.2 Å². The number of thiazole rings is 1. The molecule has 3 aromatic rings. The van der Waals surface area contributed by atoms with Crippen LogP contribution in [0, 0.1) is 0 Å². The average molecular weight is 355 g/mol. The Kier molecular flexibility index (Phi) is 7.24. The van der Waals surface area contributed by atoms with E-state index in [0.717, 1.165) is 28.8 Å². The highest BCUT2D eigenvalue weighted by Crippen LogP contribution is 2.22. The highest BCUT2D eigenvalue weighted by Gasteiger charge is 2.04. The van der Waals surface area contributed by atoms with Gasteiger partial charge < -0.3 is 5.32 Å². The molecule has 4 nitrogen and oxygen atoms in total. The van der Waals surface area contributed by atoms with Gasteiger partial charge in [-0.1, -0.05) is 19.1 Å². The minimum absolute atomic E-state index is 0.